The fourth-order valence-electron chi connectivity index (χ4n) is 2.51. The molecule has 0 atom stereocenters. The molecule has 1 N–H and O–H groups in total. The minimum absolute atomic E-state index is 0.333. The second-order valence-corrected chi connectivity index (χ2v) is 6.74. The fourth-order valence-corrected chi connectivity index (χ4v) is 3.30. The highest BCUT2D eigenvalue weighted by atomic mass is 32.1. The number of carbonyl (C=O) groups is 1. The van der Waals surface area contributed by atoms with E-state index in [0.29, 0.717) is 22.8 Å². The average molecular weight is 405 g/mol. The Hall–Kier alpha value is -3.63. The van der Waals surface area contributed by atoms with Crippen LogP contribution in [0.25, 0.3) is 16.8 Å². The molecule has 0 aliphatic carbocycles. The number of hydrogen-bond acceptors (Lipinski definition) is 7. The lowest BCUT2D eigenvalue weighted by Gasteiger charge is -2.04. The van der Waals surface area contributed by atoms with Gasteiger partial charge in [0.25, 0.3) is 0 Å². The molecule has 0 saturated carbocycles. The third-order valence-electron chi connectivity index (χ3n) is 4.02. The van der Waals surface area contributed by atoms with Gasteiger partial charge in [-0.2, -0.15) is 5.26 Å². The molecule has 0 unspecified atom stereocenters. The molecule has 7 heteroatoms. The Kier molecular flexibility index (Phi) is 6.61. The van der Waals surface area contributed by atoms with Crippen molar-refractivity contribution in [3.63, 3.8) is 0 Å². The van der Waals surface area contributed by atoms with Gasteiger partial charge in [0.2, 0.25) is 0 Å². The van der Waals surface area contributed by atoms with Gasteiger partial charge < -0.3 is 14.8 Å². The summed E-state index contributed by atoms with van der Waals surface area (Å²) in [7, 11) is 1.62. The summed E-state index contributed by atoms with van der Waals surface area (Å²) in [5.41, 5.74) is 3.40. The Balaban J connectivity index is 1.72. The molecule has 0 saturated heterocycles. The smallest absolute Gasteiger partial charge is 0.338 e. The Morgan fingerprint density at radius 2 is 1.93 bits per heavy atom. The normalized spacial score (nSPS) is 10.9. The van der Waals surface area contributed by atoms with Crippen LogP contribution in [0.3, 0.4) is 0 Å². The van der Waals surface area contributed by atoms with Crippen molar-refractivity contribution in [3.8, 4) is 23.1 Å². The predicted octanol–water partition coefficient (Wildman–Crippen LogP) is 4.97. The van der Waals surface area contributed by atoms with E-state index in [2.05, 4.69) is 16.4 Å². The van der Waals surface area contributed by atoms with Crippen molar-refractivity contribution in [1.29, 1.82) is 5.26 Å². The largest absolute Gasteiger partial charge is 0.497 e. The molecule has 0 fully saturated rings. The fraction of sp³-hybridized carbons (Fsp3) is 0.136. The number of benzene rings is 2. The van der Waals surface area contributed by atoms with Crippen LogP contribution < -0.4 is 10.1 Å². The second kappa shape index (κ2) is 9.53. The SMILES string of the molecule is CCOC(=O)c1ccc(NC=C(C#N)c2nc(-c3ccc(OC)cc3)cs2)cc1. The average Bonchev–Trinajstić information content (AvgIpc) is 3.25. The van der Waals surface area contributed by atoms with Crippen LogP contribution in [0.2, 0.25) is 0 Å². The van der Waals surface area contributed by atoms with Gasteiger partial charge in [0.1, 0.15) is 22.4 Å². The molecule has 3 rings (SSSR count). The summed E-state index contributed by atoms with van der Waals surface area (Å²) in [6.07, 6.45) is 1.61. The lowest BCUT2D eigenvalue weighted by Crippen LogP contribution is -2.04. The molecule has 29 heavy (non-hydrogen) atoms. The van der Waals surface area contributed by atoms with Crippen LogP contribution >= 0.6 is 11.3 Å². The van der Waals surface area contributed by atoms with Gasteiger partial charge in [-0.3, -0.25) is 0 Å². The topological polar surface area (TPSA) is 84.2 Å². The standard InChI is InChI=1S/C22H19N3O3S/c1-3-28-22(26)16-4-8-18(9-5-16)24-13-17(12-23)21-25-20(14-29-21)15-6-10-19(27-2)11-7-15/h4-11,13-14,24H,3H2,1-2H3. The number of nitriles is 1. The molecule has 0 radical (unpaired) electrons. The minimum atomic E-state index is -0.360. The summed E-state index contributed by atoms with van der Waals surface area (Å²) in [6, 6.07) is 16.6. The molecule has 0 amide bonds. The summed E-state index contributed by atoms with van der Waals surface area (Å²) in [5, 5.41) is 15.1. The van der Waals surface area contributed by atoms with E-state index < -0.39 is 0 Å². The number of nitrogens with one attached hydrogen (secondary N) is 1. The summed E-state index contributed by atoms with van der Waals surface area (Å²) in [4.78, 5) is 16.3. The van der Waals surface area contributed by atoms with Crippen molar-refractivity contribution < 1.29 is 14.3 Å². The number of aromatic nitrogens is 1. The number of thiazole rings is 1. The van der Waals surface area contributed by atoms with Crippen LogP contribution in [0.5, 0.6) is 5.75 Å². The highest BCUT2D eigenvalue weighted by Crippen LogP contribution is 2.27. The first-order valence-corrected chi connectivity index (χ1v) is 9.77. The van der Waals surface area contributed by atoms with Crippen molar-refractivity contribution in [2.45, 2.75) is 6.92 Å². The monoisotopic (exact) mass is 405 g/mol. The van der Waals surface area contributed by atoms with Crippen molar-refractivity contribution in [1.82, 2.24) is 4.98 Å². The number of rotatable bonds is 7. The first kappa shape index (κ1) is 20.1. The summed E-state index contributed by atoms with van der Waals surface area (Å²) < 4.78 is 10.1. The molecular weight excluding hydrogens is 386 g/mol. The molecule has 0 spiro atoms. The Morgan fingerprint density at radius 1 is 1.21 bits per heavy atom. The minimum Gasteiger partial charge on any atom is -0.497 e. The van der Waals surface area contributed by atoms with E-state index in [0.717, 1.165) is 22.7 Å². The van der Waals surface area contributed by atoms with Gasteiger partial charge in [0, 0.05) is 22.8 Å². The van der Waals surface area contributed by atoms with E-state index >= 15 is 0 Å². The Bertz CT molecular complexity index is 1050. The first-order chi connectivity index (χ1) is 14.1. The van der Waals surface area contributed by atoms with Gasteiger partial charge in [-0.1, -0.05) is 0 Å². The van der Waals surface area contributed by atoms with Crippen molar-refractivity contribution in [2.75, 3.05) is 19.0 Å². The number of allylic oxidation sites excluding steroid dienone is 1. The first-order valence-electron chi connectivity index (χ1n) is 8.89. The van der Waals surface area contributed by atoms with E-state index in [-0.39, 0.29) is 5.97 Å². The number of hydrogen-bond donors (Lipinski definition) is 1. The zero-order chi connectivity index (χ0) is 20.6. The van der Waals surface area contributed by atoms with Gasteiger partial charge in [0.15, 0.2) is 0 Å². The third kappa shape index (κ3) is 5.00. The van der Waals surface area contributed by atoms with E-state index in [1.807, 2.05) is 29.6 Å². The molecule has 6 nitrogen and oxygen atoms in total. The maximum absolute atomic E-state index is 11.7. The van der Waals surface area contributed by atoms with Crippen LogP contribution in [-0.2, 0) is 4.74 Å². The highest BCUT2D eigenvalue weighted by Gasteiger charge is 2.10. The Morgan fingerprint density at radius 3 is 2.55 bits per heavy atom. The molecule has 0 aliphatic rings. The van der Waals surface area contributed by atoms with Crippen molar-refractivity contribution in [2.24, 2.45) is 0 Å². The van der Waals surface area contributed by atoms with Crippen LogP contribution in [0.15, 0.2) is 60.1 Å². The van der Waals surface area contributed by atoms with Gasteiger partial charge >= 0.3 is 5.97 Å². The van der Waals surface area contributed by atoms with Gasteiger partial charge in [0.05, 0.1) is 25.0 Å². The molecule has 1 aromatic heterocycles. The summed E-state index contributed by atoms with van der Waals surface area (Å²) in [6.45, 7) is 2.10. The number of esters is 1. The lowest BCUT2D eigenvalue weighted by molar-refractivity contribution is 0.0526. The number of ether oxygens (including phenoxy) is 2. The maximum atomic E-state index is 11.7. The number of anilines is 1. The van der Waals surface area contributed by atoms with E-state index in [1.165, 1.54) is 11.3 Å². The number of methoxy groups -OCH3 is 1. The molecule has 0 bridgehead atoms. The van der Waals surface area contributed by atoms with Crippen LogP contribution in [0, 0.1) is 11.3 Å². The summed E-state index contributed by atoms with van der Waals surface area (Å²) in [5.74, 6) is 0.418. The van der Waals surface area contributed by atoms with Crippen molar-refractivity contribution in [3.05, 3.63) is 70.7 Å². The van der Waals surface area contributed by atoms with E-state index in [4.69, 9.17) is 9.47 Å². The highest BCUT2D eigenvalue weighted by molar-refractivity contribution is 7.11. The third-order valence-corrected chi connectivity index (χ3v) is 4.90. The van der Waals surface area contributed by atoms with Crippen LogP contribution in [0.1, 0.15) is 22.3 Å². The van der Waals surface area contributed by atoms with Crippen LogP contribution in [-0.4, -0.2) is 24.7 Å². The second-order valence-electron chi connectivity index (χ2n) is 5.88. The van der Waals surface area contributed by atoms with Crippen molar-refractivity contribution >= 4 is 28.6 Å². The molecule has 1 heterocycles. The molecule has 146 valence electrons. The quantitative estimate of drug-likeness (QED) is 0.441. The van der Waals surface area contributed by atoms with Gasteiger partial charge in [-0.15, -0.1) is 11.3 Å². The molecular formula is C22H19N3O3S. The van der Waals surface area contributed by atoms with Crippen LogP contribution in [0.4, 0.5) is 5.69 Å². The maximum Gasteiger partial charge on any atom is 0.338 e. The van der Waals surface area contributed by atoms with E-state index in [1.54, 1.807) is 44.5 Å². The zero-order valence-corrected chi connectivity index (χ0v) is 16.8. The van der Waals surface area contributed by atoms with Gasteiger partial charge in [-0.25, -0.2) is 9.78 Å². The van der Waals surface area contributed by atoms with E-state index in [9.17, 15) is 10.1 Å². The number of nitrogens with zero attached hydrogens (tertiary/aromatic N) is 2. The Labute approximate surface area is 173 Å². The predicted molar refractivity (Wildman–Crippen MR) is 114 cm³/mol. The molecule has 3 aromatic rings. The lowest BCUT2D eigenvalue weighted by atomic mass is 10.2. The van der Waals surface area contributed by atoms with Gasteiger partial charge in [-0.05, 0) is 55.5 Å². The molecule has 0 aliphatic heterocycles. The number of carbonyl (C=O) groups excluding carboxylic acids is 1. The zero-order valence-electron chi connectivity index (χ0n) is 16.0. The summed E-state index contributed by atoms with van der Waals surface area (Å²) >= 11 is 1.40. The molecule has 2 aromatic carbocycles.